The number of urea groups is 1. The lowest BCUT2D eigenvalue weighted by Crippen LogP contribution is -2.47. The van der Waals surface area contributed by atoms with Gasteiger partial charge in [-0.15, -0.1) is 0 Å². The average Bonchev–Trinajstić information content (AvgIpc) is 2.35. The predicted molar refractivity (Wildman–Crippen MR) is 78.9 cm³/mol. The fourth-order valence-corrected chi connectivity index (χ4v) is 1.79. The molecule has 0 heterocycles. The van der Waals surface area contributed by atoms with Crippen LogP contribution in [0.3, 0.4) is 0 Å². The van der Waals surface area contributed by atoms with Crippen LogP contribution in [-0.4, -0.2) is 24.6 Å². The summed E-state index contributed by atoms with van der Waals surface area (Å²) in [6, 6.07) is 5.60. The van der Waals surface area contributed by atoms with Gasteiger partial charge < -0.3 is 15.4 Å². The van der Waals surface area contributed by atoms with Crippen LogP contribution in [0.2, 0.25) is 5.02 Å². The van der Waals surface area contributed by atoms with Gasteiger partial charge in [0, 0.05) is 10.7 Å². The normalized spacial score (nSPS) is 11.8. The summed E-state index contributed by atoms with van der Waals surface area (Å²) in [6.45, 7) is 5.67. The Morgan fingerprint density at radius 1 is 1.35 bits per heavy atom. The Balaban J connectivity index is 2.65. The van der Waals surface area contributed by atoms with E-state index in [0.717, 1.165) is 0 Å². The Morgan fingerprint density at radius 3 is 2.60 bits per heavy atom. The average molecular weight is 299 g/mol. The molecule has 1 unspecified atom stereocenters. The summed E-state index contributed by atoms with van der Waals surface area (Å²) in [5.41, 5.74) is 0.557. The van der Waals surface area contributed by atoms with E-state index in [2.05, 4.69) is 10.6 Å². The molecule has 0 fully saturated rings. The highest BCUT2D eigenvalue weighted by molar-refractivity contribution is 6.30. The van der Waals surface area contributed by atoms with Crippen molar-refractivity contribution in [3.8, 4) is 0 Å². The quantitative estimate of drug-likeness (QED) is 0.821. The molecule has 0 radical (unpaired) electrons. The zero-order valence-electron chi connectivity index (χ0n) is 11.8. The first-order valence-corrected chi connectivity index (χ1v) is 6.81. The second-order valence-electron chi connectivity index (χ2n) is 4.58. The first-order valence-electron chi connectivity index (χ1n) is 6.43. The molecule has 1 atom stereocenters. The van der Waals surface area contributed by atoms with Gasteiger partial charge in [0.1, 0.15) is 6.04 Å². The molecule has 0 saturated carbocycles. The van der Waals surface area contributed by atoms with Gasteiger partial charge >= 0.3 is 12.0 Å². The molecule has 0 bridgehead atoms. The number of hydrogen-bond acceptors (Lipinski definition) is 3. The molecule has 1 aromatic rings. The number of hydrogen-bond donors (Lipinski definition) is 2. The van der Waals surface area contributed by atoms with Gasteiger partial charge in [-0.05, 0) is 31.0 Å². The smallest absolute Gasteiger partial charge is 0.328 e. The minimum atomic E-state index is -0.686. The van der Waals surface area contributed by atoms with Crippen molar-refractivity contribution < 1.29 is 14.3 Å². The lowest BCUT2D eigenvalue weighted by molar-refractivity contribution is -0.146. The summed E-state index contributed by atoms with van der Waals surface area (Å²) in [5.74, 6) is -0.511. The van der Waals surface area contributed by atoms with Gasteiger partial charge in [0.15, 0.2) is 0 Å². The number of carbonyl (C=O) groups excluding carboxylic acids is 2. The van der Waals surface area contributed by atoms with Crippen molar-refractivity contribution in [2.75, 3.05) is 11.9 Å². The third-order valence-corrected chi connectivity index (χ3v) is 2.81. The van der Waals surface area contributed by atoms with E-state index >= 15 is 0 Å². The lowest BCUT2D eigenvalue weighted by Gasteiger charge is -2.20. The van der Waals surface area contributed by atoms with E-state index in [1.54, 1.807) is 31.2 Å². The topological polar surface area (TPSA) is 67.4 Å². The molecule has 0 spiro atoms. The Bertz CT molecular complexity index is 477. The molecular formula is C14H19ClN2O3. The molecular weight excluding hydrogens is 280 g/mol. The van der Waals surface area contributed by atoms with E-state index in [4.69, 9.17) is 16.3 Å². The van der Waals surface area contributed by atoms with Crippen LogP contribution in [-0.2, 0) is 9.53 Å². The van der Waals surface area contributed by atoms with Crippen molar-refractivity contribution in [2.45, 2.75) is 26.8 Å². The van der Waals surface area contributed by atoms with E-state index in [9.17, 15) is 9.59 Å². The van der Waals surface area contributed by atoms with E-state index in [1.165, 1.54) is 0 Å². The number of amides is 2. The molecule has 0 aliphatic rings. The summed E-state index contributed by atoms with van der Waals surface area (Å²) in [5, 5.41) is 5.75. The second-order valence-corrected chi connectivity index (χ2v) is 5.02. The number of rotatable bonds is 5. The zero-order chi connectivity index (χ0) is 15.1. The maximum Gasteiger partial charge on any atom is 0.328 e. The molecule has 0 aliphatic carbocycles. The summed E-state index contributed by atoms with van der Waals surface area (Å²) in [6.07, 6.45) is 0. The molecule has 20 heavy (non-hydrogen) atoms. The second kappa shape index (κ2) is 7.75. The van der Waals surface area contributed by atoms with E-state index in [-0.39, 0.29) is 12.5 Å². The minimum absolute atomic E-state index is 0.0702. The van der Waals surface area contributed by atoms with Gasteiger partial charge in [-0.2, -0.15) is 0 Å². The Morgan fingerprint density at radius 2 is 2.05 bits per heavy atom. The Kier molecular flexibility index (Phi) is 6.31. The fraction of sp³-hybridized carbons (Fsp3) is 0.429. The largest absolute Gasteiger partial charge is 0.464 e. The van der Waals surface area contributed by atoms with E-state index in [0.29, 0.717) is 10.7 Å². The molecule has 5 nitrogen and oxygen atoms in total. The highest BCUT2D eigenvalue weighted by Gasteiger charge is 2.25. The molecule has 0 aromatic heterocycles. The van der Waals surface area contributed by atoms with Crippen molar-refractivity contribution in [1.29, 1.82) is 0 Å². The van der Waals surface area contributed by atoms with Crippen LogP contribution in [0, 0.1) is 5.92 Å². The van der Waals surface area contributed by atoms with Gasteiger partial charge in [-0.25, -0.2) is 9.59 Å². The number of carbonyl (C=O) groups is 2. The zero-order valence-corrected chi connectivity index (χ0v) is 12.5. The molecule has 1 aromatic carbocycles. The van der Waals surface area contributed by atoms with E-state index < -0.39 is 18.0 Å². The molecule has 110 valence electrons. The van der Waals surface area contributed by atoms with Crippen LogP contribution in [0.15, 0.2) is 24.3 Å². The van der Waals surface area contributed by atoms with E-state index in [1.807, 2.05) is 13.8 Å². The van der Waals surface area contributed by atoms with Crippen LogP contribution < -0.4 is 10.6 Å². The predicted octanol–water partition coefficient (Wildman–Crippen LogP) is 3.05. The standard InChI is InChI=1S/C14H19ClN2O3/c1-4-20-13(18)12(9(2)3)17-14(19)16-11-7-5-6-10(15)8-11/h5-9,12H,4H2,1-3H3,(H2,16,17,19). The number of benzene rings is 1. The molecule has 1 rings (SSSR count). The first kappa shape index (κ1) is 16.3. The van der Waals surface area contributed by atoms with Crippen molar-refractivity contribution in [3.05, 3.63) is 29.3 Å². The summed E-state index contributed by atoms with van der Waals surface area (Å²) >= 11 is 5.83. The first-order chi connectivity index (χ1) is 9.43. The van der Waals surface area contributed by atoms with Crippen LogP contribution in [0.4, 0.5) is 10.5 Å². The van der Waals surface area contributed by atoms with Gasteiger partial charge in [0.2, 0.25) is 0 Å². The Labute approximate surface area is 123 Å². The number of halogens is 1. The van der Waals surface area contributed by atoms with Crippen LogP contribution in [0.25, 0.3) is 0 Å². The molecule has 2 amide bonds. The monoisotopic (exact) mass is 298 g/mol. The van der Waals surface area contributed by atoms with Crippen LogP contribution in [0.5, 0.6) is 0 Å². The highest BCUT2D eigenvalue weighted by Crippen LogP contribution is 2.15. The summed E-state index contributed by atoms with van der Waals surface area (Å²) < 4.78 is 4.93. The summed E-state index contributed by atoms with van der Waals surface area (Å²) in [4.78, 5) is 23.6. The fourth-order valence-electron chi connectivity index (χ4n) is 1.60. The van der Waals surface area contributed by atoms with Gasteiger partial charge in [-0.1, -0.05) is 31.5 Å². The maximum atomic E-state index is 11.9. The molecule has 0 aliphatic heterocycles. The van der Waals surface area contributed by atoms with Crippen molar-refractivity contribution in [3.63, 3.8) is 0 Å². The third-order valence-electron chi connectivity index (χ3n) is 2.58. The Hall–Kier alpha value is -1.75. The van der Waals surface area contributed by atoms with Crippen LogP contribution in [0.1, 0.15) is 20.8 Å². The van der Waals surface area contributed by atoms with Crippen LogP contribution >= 0.6 is 11.6 Å². The molecule has 6 heteroatoms. The van der Waals surface area contributed by atoms with Crippen molar-refractivity contribution in [1.82, 2.24) is 5.32 Å². The highest BCUT2D eigenvalue weighted by atomic mass is 35.5. The number of ether oxygens (including phenoxy) is 1. The number of esters is 1. The third kappa shape index (κ3) is 5.09. The summed E-state index contributed by atoms with van der Waals surface area (Å²) in [7, 11) is 0. The van der Waals surface area contributed by atoms with Crippen molar-refractivity contribution >= 4 is 29.3 Å². The molecule has 2 N–H and O–H groups in total. The van der Waals surface area contributed by atoms with Crippen molar-refractivity contribution in [2.24, 2.45) is 5.92 Å². The minimum Gasteiger partial charge on any atom is -0.464 e. The molecule has 0 saturated heterocycles. The van der Waals surface area contributed by atoms with Gasteiger partial charge in [0.25, 0.3) is 0 Å². The maximum absolute atomic E-state index is 11.9. The number of nitrogens with one attached hydrogen (secondary N) is 2. The van der Waals surface area contributed by atoms with Gasteiger partial charge in [0.05, 0.1) is 6.61 Å². The number of anilines is 1. The van der Waals surface area contributed by atoms with Gasteiger partial charge in [-0.3, -0.25) is 0 Å². The SMILES string of the molecule is CCOC(=O)C(NC(=O)Nc1cccc(Cl)c1)C(C)C. The lowest BCUT2D eigenvalue weighted by atomic mass is 10.1.